The molecule has 0 aliphatic rings. The normalized spacial score (nSPS) is 11.4. The van der Waals surface area contributed by atoms with Crippen molar-refractivity contribution in [3.05, 3.63) is 51.2 Å². The summed E-state index contributed by atoms with van der Waals surface area (Å²) in [5.74, 6) is 1.75. The molecule has 4 nitrogen and oxygen atoms in total. The molecule has 0 spiro atoms. The Morgan fingerprint density at radius 1 is 1.17 bits per heavy atom. The Hall–Kier alpha value is -2.01. The highest BCUT2D eigenvalue weighted by atomic mass is 32.1. The van der Waals surface area contributed by atoms with Gasteiger partial charge in [-0.15, -0.1) is 11.3 Å². The molecule has 1 aromatic heterocycles. The maximum absolute atomic E-state index is 5.29. The zero-order valence-corrected chi connectivity index (χ0v) is 15.1. The van der Waals surface area contributed by atoms with Crippen LogP contribution in [-0.4, -0.2) is 19.6 Å². The fourth-order valence-electron chi connectivity index (χ4n) is 2.30. The van der Waals surface area contributed by atoms with E-state index < -0.39 is 0 Å². The number of aryl methyl sites for hydroxylation is 2. The van der Waals surface area contributed by atoms with Crippen molar-refractivity contribution in [3.63, 3.8) is 0 Å². The largest absolute Gasteiger partial charge is 0.496 e. The van der Waals surface area contributed by atoms with Gasteiger partial charge >= 0.3 is 0 Å². The van der Waals surface area contributed by atoms with Gasteiger partial charge in [-0.25, -0.2) is 4.99 Å². The molecular formula is C18H25N3OS. The third kappa shape index (κ3) is 5.28. The molecule has 0 fully saturated rings. The van der Waals surface area contributed by atoms with E-state index in [1.807, 2.05) is 17.4 Å². The van der Waals surface area contributed by atoms with Gasteiger partial charge in [-0.05, 0) is 50.1 Å². The lowest BCUT2D eigenvalue weighted by Gasteiger charge is -2.11. The summed E-state index contributed by atoms with van der Waals surface area (Å²) < 4.78 is 5.29. The van der Waals surface area contributed by atoms with E-state index >= 15 is 0 Å². The molecule has 0 amide bonds. The van der Waals surface area contributed by atoms with Crippen LogP contribution in [0.3, 0.4) is 0 Å². The lowest BCUT2D eigenvalue weighted by molar-refractivity contribution is 0.411. The molecule has 0 atom stereocenters. The zero-order valence-electron chi connectivity index (χ0n) is 14.3. The Bertz CT molecular complexity index is 664. The second-order valence-electron chi connectivity index (χ2n) is 5.37. The first kappa shape index (κ1) is 17.3. The number of nitrogens with one attached hydrogen (secondary N) is 2. The van der Waals surface area contributed by atoms with Gasteiger partial charge in [-0.3, -0.25) is 0 Å². The number of rotatable bonds is 6. The SMILES string of the molecule is CCNC(=NCc1ccc(OC)c(C)c1)NCc1ccc(C)s1. The van der Waals surface area contributed by atoms with Crippen molar-refractivity contribution in [2.45, 2.75) is 33.9 Å². The van der Waals surface area contributed by atoms with E-state index in [1.54, 1.807) is 7.11 Å². The topological polar surface area (TPSA) is 45.7 Å². The predicted molar refractivity (Wildman–Crippen MR) is 98.4 cm³/mol. The summed E-state index contributed by atoms with van der Waals surface area (Å²) in [6, 6.07) is 10.5. The van der Waals surface area contributed by atoms with E-state index in [-0.39, 0.29) is 0 Å². The van der Waals surface area contributed by atoms with Crippen molar-refractivity contribution in [1.82, 2.24) is 10.6 Å². The van der Waals surface area contributed by atoms with E-state index in [0.29, 0.717) is 6.54 Å². The molecule has 5 heteroatoms. The maximum atomic E-state index is 5.29. The highest BCUT2D eigenvalue weighted by molar-refractivity contribution is 7.11. The first-order valence-corrected chi connectivity index (χ1v) is 8.65. The number of aliphatic imine (C=N–C) groups is 1. The van der Waals surface area contributed by atoms with Crippen molar-refractivity contribution >= 4 is 17.3 Å². The maximum Gasteiger partial charge on any atom is 0.191 e. The Labute approximate surface area is 142 Å². The van der Waals surface area contributed by atoms with Gasteiger partial charge in [0, 0.05) is 16.3 Å². The molecule has 2 aromatic rings. The van der Waals surface area contributed by atoms with E-state index in [2.05, 4.69) is 60.7 Å². The highest BCUT2D eigenvalue weighted by Gasteiger charge is 2.02. The molecule has 2 rings (SSSR count). The Balaban J connectivity index is 1.98. The van der Waals surface area contributed by atoms with Crippen LogP contribution >= 0.6 is 11.3 Å². The number of benzene rings is 1. The summed E-state index contributed by atoms with van der Waals surface area (Å²) in [6.07, 6.45) is 0. The smallest absolute Gasteiger partial charge is 0.191 e. The first-order valence-electron chi connectivity index (χ1n) is 7.83. The average molecular weight is 331 g/mol. The zero-order chi connectivity index (χ0) is 16.7. The summed E-state index contributed by atoms with van der Waals surface area (Å²) in [5, 5.41) is 6.67. The summed E-state index contributed by atoms with van der Waals surface area (Å²) in [6.45, 7) is 8.53. The van der Waals surface area contributed by atoms with Crippen molar-refractivity contribution in [2.24, 2.45) is 4.99 Å². The number of thiophene rings is 1. The summed E-state index contributed by atoms with van der Waals surface area (Å²) in [5.41, 5.74) is 2.31. The van der Waals surface area contributed by atoms with Gasteiger partial charge in [0.1, 0.15) is 5.75 Å². The van der Waals surface area contributed by atoms with Crippen LogP contribution in [0.2, 0.25) is 0 Å². The highest BCUT2D eigenvalue weighted by Crippen LogP contribution is 2.19. The summed E-state index contributed by atoms with van der Waals surface area (Å²) in [4.78, 5) is 7.30. The van der Waals surface area contributed by atoms with Gasteiger partial charge in [-0.1, -0.05) is 12.1 Å². The lowest BCUT2D eigenvalue weighted by atomic mass is 10.1. The molecule has 0 saturated carbocycles. The molecule has 0 unspecified atom stereocenters. The van der Waals surface area contributed by atoms with Crippen molar-refractivity contribution in [2.75, 3.05) is 13.7 Å². The van der Waals surface area contributed by atoms with E-state index in [9.17, 15) is 0 Å². The molecule has 1 heterocycles. The molecule has 0 aliphatic carbocycles. The first-order chi connectivity index (χ1) is 11.1. The van der Waals surface area contributed by atoms with Crippen LogP contribution in [0.25, 0.3) is 0 Å². The number of nitrogens with zero attached hydrogens (tertiary/aromatic N) is 1. The summed E-state index contributed by atoms with van der Waals surface area (Å²) in [7, 11) is 1.69. The van der Waals surface area contributed by atoms with Crippen molar-refractivity contribution in [3.8, 4) is 5.75 Å². The molecule has 2 N–H and O–H groups in total. The second-order valence-corrected chi connectivity index (χ2v) is 6.74. The molecule has 124 valence electrons. The molecular weight excluding hydrogens is 306 g/mol. The van der Waals surface area contributed by atoms with Crippen LogP contribution < -0.4 is 15.4 Å². The quantitative estimate of drug-likeness (QED) is 0.628. The van der Waals surface area contributed by atoms with Gasteiger partial charge in [0.05, 0.1) is 20.2 Å². The van der Waals surface area contributed by atoms with Crippen LogP contribution in [0.5, 0.6) is 5.75 Å². The standard InChI is InChI=1S/C18H25N3OS/c1-5-19-18(21-12-16-8-6-14(3)23-16)20-11-15-7-9-17(22-4)13(2)10-15/h6-10H,5,11-12H2,1-4H3,(H2,19,20,21). The van der Waals surface area contributed by atoms with Gasteiger partial charge in [0.2, 0.25) is 0 Å². The van der Waals surface area contributed by atoms with Crippen LogP contribution in [0.4, 0.5) is 0 Å². The number of hydrogen-bond acceptors (Lipinski definition) is 3. The molecule has 0 aliphatic heterocycles. The van der Waals surface area contributed by atoms with Crippen LogP contribution in [0.15, 0.2) is 35.3 Å². The van der Waals surface area contributed by atoms with E-state index in [4.69, 9.17) is 4.74 Å². The Morgan fingerprint density at radius 3 is 2.61 bits per heavy atom. The van der Waals surface area contributed by atoms with Crippen molar-refractivity contribution in [1.29, 1.82) is 0 Å². The number of methoxy groups -OCH3 is 1. The predicted octanol–water partition coefficient (Wildman–Crippen LogP) is 3.63. The lowest BCUT2D eigenvalue weighted by Crippen LogP contribution is -2.36. The summed E-state index contributed by atoms with van der Waals surface area (Å²) >= 11 is 1.81. The monoisotopic (exact) mass is 331 g/mol. The third-order valence-corrected chi connectivity index (χ3v) is 4.45. The molecule has 23 heavy (non-hydrogen) atoms. The van der Waals surface area contributed by atoms with Gasteiger partial charge < -0.3 is 15.4 Å². The number of ether oxygens (including phenoxy) is 1. The minimum atomic E-state index is 0.642. The minimum Gasteiger partial charge on any atom is -0.496 e. The van der Waals surface area contributed by atoms with Crippen molar-refractivity contribution < 1.29 is 4.74 Å². The number of guanidine groups is 1. The average Bonchev–Trinajstić information content (AvgIpc) is 2.95. The molecule has 0 bridgehead atoms. The third-order valence-electron chi connectivity index (χ3n) is 3.45. The fraction of sp³-hybridized carbons (Fsp3) is 0.389. The van der Waals surface area contributed by atoms with Crippen LogP contribution in [0, 0.1) is 13.8 Å². The van der Waals surface area contributed by atoms with E-state index in [1.165, 1.54) is 15.3 Å². The fourth-order valence-corrected chi connectivity index (χ4v) is 3.13. The van der Waals surface area contributed by atoms with Crippen LogP contribution in [-0.2, 0) is 13.1 Å². The molecule has 0 saturated heterocycles. The van der Waals surface area contributed by atoms with Gasteiger partial charge in [-0.2, -0.15) is 0 Å². The molecule has 1 aromatic carbocycles. The number of hydrogen-bond donors (Lipinski definition) is 2. The van der Waals surface area contributed by atoms with Gasteiger partial charge in [0.15, 0.2) is 5.96 Å². The second kappa shape index (κ2) is 8.58. The van der Waals surface area contributed by atoms with Crippen LogP contribution in [0.1, 0.15) is 27.8 Å². The molecule has 0 radical (unpaired) electrons. The Kier molecular flexibility index (Phi) is 6.47. The Morgan fingerprint density at radius 2 is 2.00 bits per heavy atom. The minimum absolute atomic E-state index is 0.642. The van der Waals surface area contributed by atoms with E-state index in [0.717, 1.165) is 30.4 Å². The van der Waals surface area contributed by atoms with Gasteiger partial charge in [0.25, 0.3) is 0 Å².